The third-order valence-corrected chi connectivity index (χ3v) is 3.66. The summed E-state index contributed by atoms with van der Waals surface area (Å²) >= 11 is 0. The SMILES string of the molecule is CC(C)[C@H]1CC[C@@](C)(CC=O)C(=O)C1. The zero-order valence-corrected chi connectivity index (χ0v) is 9.38. The minimum Gasteiger partial charge on any atom is -0.303 e. The van der Waals surface area contributed by atoms with Gasteiger partial charge >= 0.3 is 0 Å². The van der Waals surface area contributed by atoms with Gasteiger partial charge in [-0.2, -0.15) is 0 Å². The van der Waals surface area contributed by atoms with E-state index in [0.29, 0.717) is 24.7 Å². The number of aldehydes is 1. The standard InChI is InChI=1S/C12H20O2/c1-9(2)10-4-5-12(3,6-7-13)11(14)8-10/h7,9-10H,4-6,8H2,1-3H3/t10-,12-/m0/s1. The van der Waals surface area contributed by atoms with E-state index in [4.69, 9.17) is 0 Å². The van der Waals surface area contributed by atoms with Crippen molar-refractivity contribution in [1.29, 1.82) is 0 Å². The highest BCUT2D eigenvalue weighted by molar-refractivity contribution is 5.87. The molecular formula is C12H20O2. The smallest absolute Gasteiger partial charge is 0.139 e. The topological polar surface area (TPSA) is 34.1 Å². The lowest BCUT2D eigenvalue weighted by atomic mass is 9.67. The molecule has 1 rings (SSSR count). The lowest BCUT2D eigenvalue weighted by Crippen LogP contribution is -2.36. The molecule has 2 atom stereocenters. The van der Waals surface area contributed by atoms with Gasteiger partial charge in [-0.25, -0.2) is 0 Å². The highest BCUT2D eigenvalue weighted by atomic mass is 16.1. The molecule has 0 amide bonds. The van der Waals surface area contributed by atoms with Crippen LogP contribution in [-0.2, 0) is 9.59 Å². The minimum atomic E-state index is -0.354. The van der Waals surface area contributed by atoms with Crippen molar-refractivity contribution in [3.8, 4) is 0 Å². The molecule has 0 saturated heterocycles. The number of carbonyl (C=O) groups is 2. The fraction of sp³-hybridized carbons (Fsp3) is 0.833. The van der Waals surface area contributed by atoms with E-state index in [9.17, 15) is 9.59 Å². The zero-order chi connectivity index (χ0) is 10.8. The Morgan fingerprint density at radius 1 is 1.57 bits per heavy atom. The number of carbonyl (C=O) groups excluding carboxylic acids is 2. The average Bonchev–Trinajstić information content (AvgIpc) is 2.10. The van der Waals surface area contributed by atoms with Crippen LogP contribution in [0.3, 0.4) is 0 Å². The molecule has 2 heteroatoms. The highest BCUT2D eigenvalue weighted by Crippen LogP contribution is 2.40. The van der Waals surface area contributed by atoms with E-state index < -0.39 is 0 Å². The fourth-order valence-corrected chi connectivity index (χ4v) is 2.20. The Labute approximate surface area is 86.1 Å². The van der Waals surface area contributed by atoms with Gasteiger partial charge in [0, 0.05) is 18.3 Å². The van der Waals surface area contributed by atoms with Gasteiger partial charge in [0.25, 0.3) is 0 Å². The Bertz CT molecular complexity index is 232. The predicted octanol–water partition coefficient (Wildman–Crippen LogP) is 2.61. The van der Waals surface area contributed by atoms with E-state index >= 15 is 0 Å². The van der Waals surface area contributed by atoms with Crippen LogP contribution in [0.1, 0.15) is 46.5 Å². The molecule has 0 radical (unpaired) electrons. The van der Waals surface area contributed by atoms with Gasteiger partial charge in [-0.15, -0.1) is 0 Å². The summed E-state index contributed by atoms with van der Waals surface area (Å²) in [5, 5.41) is 0. The first-order chi connectivity index (χ1) is 6.49. The Morgan fingerprint density at radius 3 is 2.64 bits per heavy atom. The molecule has 1 aliphatic carbocycles. The Kier molecular flexibility index (Phi) is 3.46. The molecule has 0 bridgehead atoms. The van der Waals surface area contributed by atoms with E-state index in [1.807, 2.05) is 6.92 Å². The van der Waals surface area contributed by atoms with Gasteiger partial charge in [0.2, 0.25) is 0 Å². The predicted molar refractivity (Wildman–Crippen MR) is 56.0 cm³/mol. The van der Waals surface area contributed by atoms with Gasteiger partial charge in [-0.1, -0.05) is 20.8 Å². The van der Waals surface area contributed by atoms with Crippen molar-refractivity contribution in [1.82, 2.24) is 0 Å². The number of Topliss-reactive ketones (excluding diaryl/α,β-unsaturated/α-hetero) is 1. The fourth-order valence-electron chi connectivity index (χ4n) is 2.20. The average molecular weight is 196 g/mol. The summed E-state index contributed by atoms with van der Waals surface area (Å²) in [6.45, 7) is 6.26. The van der Waals surface area contributed by atoms with Crippen LogP contribution in [0, 0.1) is 17.3 Å². The molecule has 0 N–H and O–H groups in total. The molecule has 0 spiro atoms. The normalized spacial score (nSPS) is 33.4. The Morgan fingerprint density at radius 2 is 2.21 bits per heavy atom. The first-order valence-corrected chi connectivity index (χ1v) is 5.46. The second-order valence-corrected chi connectivity index (χ2v) is 5.10. The zero-order valence-electron chi connectivity index (χ0n) is 9.38. The first kappa shape index (κ1) is 11.4. The van der Waals surface area contributed by atoms with Crippen LogP contribution >= 0.6 is 0 Å². The molecule has 0 aliphatic heterocycles. The van der Waals surface area contributed by atoms with Gasteiger partial charge in [0.05, 0.1) is 0 Å². The molecule has 0 aromatic carbocycles. The van der Waals surface area contributed by atoms with Crippen LogP contribution in [0.15, 0.2) is 0 Å². The summed E-state index contributed by atoms with van der Waals surface area (Å²) < 4.78 is 0. The molecule has 0 aromatic heterocycles. The van der Waals surface area contributed by atoms with Gasteiger partial charge in [-0.3, -0.25) is 4.79 Å². The van der Waals surface area contributed by atoms with Crippen LogP contribution in [0.5, 0.6) is 0 Å². The molecule has 0 heterocycles. The number of hydrogen-bond acceptors (Lipinski definition) is 2. The second-order valence-electron chi connectivity index (χ2n) is 5.10. The third-order valence-electron chi connectivity index (χ3n) is 3.66. The van der Waals surface area contributed by atoms with Gasteiger partial charge < -0.3 is 4.79 Å². The van der Waals surface area contributed by atoms with Crippen molar-refractivity contribution < 1.29 is 9.59 Å². The van der Waals surface area contributed by atoms with Gasteiger partial charge in [-0.05, 0) is 24.7 Å². The van der Waals surface area contributed by atoms with Crippen molar-refractivity contribution in [2.75, 3.05) is 0 Å². The summed E-state index contributed by atoms with van der Waals surface area (Å²) in [4.78, 5) is 22.3. The third kappa shape index (κ3) is 2.23. The van der Waals surface area contributed by atoms with Crippen molar-refractivity contribution in [3.63, 3.8) is 0 Å². The van der Waals surface area contributed by atoms with Crippen molar-refractivity contribution in [2.24, 2.45) is 17.3 Å². The van der Waals surface area contributed by atoms with E-state index in [1.54, 1.807) is 0 Å². The molecule has 14 heavy (non-hydrogen) atoms. The Hall–Kier alpha value is -0.660. The van der Waals surface area contributed by atoms with Crippen LogP contribution in [0.25, 0.3) is 0 Å². The summed E-state index contributed by atoms with van der Waals surface area (Å²) in [7, 11) is 0. The molecule has 0 aromatic rings. The van der Waals surface area contributed by atoms with Gasteiger partial charge in [0.15, 0.2) is 0 Å². The highest BCUT2D eigenvalue weighted by Gasteiger charge is 2.38. The molecule has 2 nitrogen and oxygen atoms in total. The van der Waals surface area contributed by atoms with Gasteiger partial charge in [0.1, 0.15) is 12.1 Å². The molecular weight excluding hydrogens is 176 g/mol. The van der Waals surface area contributed by atoms with Crippen LogP contribution < -0.4 is 0 Å². The summed E-state index contributed by atoms with van der Waals surface area (Å²) in [6.07, 6.45) is 3.92. The molecule has 1 aliphatic rings. The Balaban J connectivity index is 2.64. The maximum atomic E-state index is 11.9. The molecule has 1 saturated carbocycles. The van der Waals surface area contributed by atoms with E-state index in [1.165, 1.54) is 0 Å². The largest absolute Gasteiger partial charge is 0.303 e. The maximum absolute atomic E-state index is 11.9. The number of ketones is 1. The lowest BCUT2D eigenvalue weighted by molar-refractivity contribution is -0.135. The summed E-state index contributed by atoms with van der Waals surface area (Å²) in [5.74, 6) is 1.40. The maximum Gasteiger partial charge on any atom is 0.139 e. The lowest BCUT2D eigenvalue weighted by Gasteiger charge is -2.36. The monoisotopic (exact) mass is 196 g/mol. The quantitative estimate of drug-likeness (QED) is 0.650. The summed E-state index contributed by atoms with van der Waals surface area (Å²) in [6, 6.07) is 0. The summed E-state index contributed by atoms with van der Waals surface area (Å²) in [5.41, 5.74) is -0.354. The van der Waals surface area contributed by atoms with Crippen LogP contribution in [0.2, 0.25) is 0 Å². The minimum absolute atomic E-state index is 0.287. The van der Waals surface area contributed by atoms with Crippen LogP contribution in [-0.4, -0.2) is 12.1 Å². The molecule has 1 fully saturated rings. The first-order valence-electron chi connectivity index (χ1n) is 5.46. The van der Waals surface area contributed by atoms with E-state index in [2.05, 4.69) is 13.8 Å². The van der Waals surface area contributed by atoms with Crippen molar-refractivity contribution >= 4 is 12.1 Å². The number of hydrogen-bond donors (Lipinski definition) is 0. The van der Waals surface area contributed by atoms with E-state index in [0.717, 1.165) is 19.1 Å². The van der Waals surface area contributed by atoms with E-state index in [-0.39, 0.29) is 11.2 Å². The second kappa shape index (κ2) is 4.24. The molecule has 0 unspecified atom stereocenters. The molecule has 80 valence electrons. The van der Waals surface area contributed by atoms with Crippen molar-refractivity contribution in [3.05, 3.63) is 0 Å². The van der Waals surface area contributed by atoms with Crippen molar-refractivity contribution in [2.45, 2.75) is 46.5 Å². The number of rotatable bonds is 3. The van der Waals surface area contributed by atoms with Crippen LogP contribution in [0.4, 0.5) is 0 Å².